The molecule has 3 nitrogen and oxygen atoms in total. The predicted molar refractivity (Wildman–Crippen MR) is 88.8 cm³/mol. The van der Waals surface area contributed by atoms with Crippen LogP contribution < -0.4 is 0 Å². The van der Waals surface area contributed by atoms with Gasteiger partial charge in [0.25, 0.3) is 0 Å². The molecule has 1 N–H and O–H groups in total. The first-order valence-electron chi connectivity index (χ1n) is 9.05. The lowest BCUT2D eigenvalue weighted by Crippen LogP contribution is -2.57. The topological polar surface area (TPSA) is 46.5 Å². The number of ether oxygens (including phenoxy) is 1. The average molecular weight is 316 g/mol. The first-order valence-corrected chi connectivity index (χ1v) is 9.05. The molecule has 4 rings (SSSR count). The summed E-state index contributed by atoms with van der Waals surface area (Å²) in [4.78, 5) is 11.9. The fourth-order valence-corrected chi connectivity index (χ4v) is 6.23. The van der Waals surface area contributed by atoms with Crippen LogP contribution >= 0.6 is 0 Å². The Morgan fingerprint density at radius 1 is 1.35 bits per heavy atom. The monoisotopic (exact) mass is 316 g/mol. The molecule has 0 aromatic rings. The van der Waals surface area contributed by atoms with Gasteiger partial charge in [0.05, 0.1) is 24.2 Å². The van der Waals surface area contributed by atoms with E-state index in [0.29, 0.717) is 18.4 Å². The molecule has 0 spiro atoms. The molecule has 0 amide bonds. The van der Waals surface area contributed by atoms with E-state index in [4.69, 9.17) is 4.74 Å². The van der Waals surface area contributed by atoms with Crippen LogP contribution in [0.4, 0.5) is 0 Å². The molecule has 3 aliphatic carbocycles. The van der Waals surface area contributed by atoms with E-state index < -0.39 is 11.5 Å². The maximum absolute atomic E-state index is 11.9. The van der Waals surface area contributed by atoms with E-state index in [1.165, 1.54) is 11.1 Å². The Balaban J connectivity index is 1.74. The second-order valence-electron chi connectivity index (χ2n) is 8.66. The summed E-state index contributed by atoms with van der Waals surface area (Å²) < 4.78 is 6.08. The van der Waals surface area contributed by atoms with Crippen molar-refractivity contribution in [3.05, 3.63) is 23.8 Å². The smallest absolute Gasteiger partial charge is 0.128 e. The molecule has 23 heavy (non-hydrogen) atoms. The van der Waals surface area contributed by atoms with Gasteiger partial charge in [0.15, 0.2) is 0 Å². The van der Waals surface area contributed by atoms with Crippen LogP contribution in [0.25, 0.3) is 0 Å². The molecule has 1 saturated heterocycles. The van der Waals surface area contributed by atoms with Gasteiger partial charge in [-0.3, -0.25) is 0 Å². The van der Waals surface area contributed by atoms with Gasteiger partial charge in [-0.05, 0) is 60.5 Å². The molecule has 0 aromatic heterocycles. The molecular weight excluding hydrogens is 288 g/mol. The minimum absolute atomic E-state index is 0.0945. The summed E-state index contributed by atoms with van der Waals surface area (Å²) in [5, 5.41) is 10.5. The highest BCUT2D eigenvalue weighted by Gasteiger charge is 2.59. The lowest BCUT2D eigenvalue weighted by atomic mass is 9.45. The molecule has 2 saturated carbocycles. The van der Waals surface area contributed by atoms with Crippen LogP contribution in [0.3, 0.4) is 0 Å². The van der Waals surface area contributed by atoms with Crippen LogP contribution in [0.5, 0.6) is 0 Å². The third-order valence-corrected chi connectivity index (χ3v) is 7.70. The fourth-order valence-electron chi connectivity index (χ4n) is 6.23. The number of hydrogen-bond acceptors (Lipinski definition) is 3. The van der Waals surface area contributed by atoms with E-state index in [2.05, 4.69) is 19.6 Å². The van der Waals surface area contributed by atoms with E-state index in [-0.39, 0.29) is 17.4 Å². The summed E-state index contributed by atoms with van der Waals surface area (Å²) in [5.41, 5.74) is 2.19. The van der Waals surface area contributed by atoms with Gasteiger partial charge in [-0.15, -0.1) is 0 Å². The highest BCUT2D eigenvalue weighted by atomic mass is 16.5. The van der Waals surface area contributed by atoms with E-state index in [1.807, 2.05) is 6.92 Å². The SMILES string of the molecule is C=C1CO[C@@H]2C3=CC[C@H]4[C@](C)(C=O)[C@@H](O)CC[C@]4(C)[C@H]3CC[C@H]12. The van der Waals surface area contributed by atoms with E-state index >= 15 is 0 Å². The molecule has 7 atom stereocenters. The number of carbonyl (C=O) groups excluding carboxylic acids is 1. The number of aliphatic hydroxyl groups is 1. The first-order chi connectivity index (χ1) is 10.9. The molecular formula is C20H28O3. The summed E-state index contributed by atoms with van der Waals surface area (Å²) in [7, 11) is 0. The Bertz CT molecular complexity index is 579. The van der Waals surface area contributed by atoms with Crippen molar-refractivity contribution < 1.29 is 14.6 Å². The van der Waals surface area contributed by atoms with Crippen LogP contribution in [0.2, 0.25) is 0 Å². The van der Waals surface area contributed by atoms with Gasteiger partial charge in [0.2, 0.25) is 0 Å². The van der Waals surface area contributed by atoms with Gasteiger partial charge in [0.1, 0.15) is 6.29 Å². The quantitative estimate of drug-likeness (QED) is 0.596. The molecule has 0 radical (unpaired) electrons. The molecule has 1 heterocycles. The number of rotatable bonds is 1. The van der Waals surface area contributed by atoms with E-state index in [1.54, 1.807) is 0 Å². The van der Waals surface area contributed by atoms with Gasteiger partial charge in [-0.25, -0.2) is 0 Å². The zero-order valence-corrected chi connectivity index (χ0v) is 14.3. The van der Waals surface area contributed by atoms with Crippen molar-refractivity contribution >= 4 is 6.29 Å². The summed E-state index contributed by atoms with van der Waals surface area (Å²) in [6, 6.07) is 0. The lowest BCUT2D eigenvalue weighted by Gasteiger charge is -2.59. The normalized spacial score (nSPS) is 52.2. The van der Waals surface area contributed by atoms with Gasteiger partial charge in [-0.2, -0.15) is 0 Å². The highest BCUT2D eigenvalue weighted by Crippen LogP contribution is 2.63. The second kappa shape index (κ2) is 5.03. The molecule has 3 fully saturated rings. The molecule has 4 aliphatic rings. The van der Waals surface area contributed by atoms with Crippen LogP contribution in [-0.2, 0) is 9.53 Å². The Kier molecular flexibility index (Phi) is 3.41. The Labute approximate surface area is 138 Å². The van der Waals surface area contributed by atoms with Crippen LogP contribution in [0.1, 0.15) is 46.0 Å². The van der Waals surface area contributed by atoms with Crippen LogP contribution in [0.15, 0.2) is 23.8 Å². The van der Waals surface area contributed by atoms with Gasteiger partial charge >= 0.3 is 0 Å². The lowest BCUT2D eigenvalue weighted by molar-refractivity contribution is -0.151. The van der Waals surface area contributed by atoms with Crippen molar-refractivity contribution in [3.63, 3.8) is 0 Å². The zero-order chi connectivity index (χ0) is 16.4. The largest absolute Gasteiger partial charge is 0.392 e. The first kappa shape index (κ1) is 15.6. The Morgan fingerprint density at radius 2 is 2.13 bits per heavy atom. The van der Waals surface area contributed by atoms with E-state index in [9.17, 15) is 9.90 Å². The maximum atomic E-state index is 11.9. The Hall–Kier alpha value is -0.930. The molecule has 0 unspecified atom stereocenters. The molecule has 1 aliphatic heterocycles. The third kappa shape index (κ3) is 1.93. The number of carbonyl (C=O) groups is 1. The number of allylic oxidation sites excluding steroid dienone is 1. The van der Waals surface area contributed by atoms with Crippen LogP contribution in [-0.4, -0.2) is 30.2 Å². The summed E-state index contributed by atoms with van der Waals surface area (Å²) in [6.45, 7) is 9.21. The van der Waals surface area contributed by atoms with Gasteiger partial charge in [-0.1, -0.05) is 26.5 Å². The van der Waals surface area contributed by atoms with Gasteiger partial charge in [0, 0.05) is 5.92 Å². The minimum Gasteiger partial charge on any atom is -0.392 e. The molecule has 0 bridgehead atoms. The average Bonchev–Trinajstić information content (AvgIpc) is 2.93. The van der Waals surface area contributed by atoms with Crippen molar-refractivity contribution in [3.8, 4) is 0 Å². The summed E-state index contributed by atoms with van der Waals surface area (Å²) in [5.74, 6) is 1.20. The van der Waals surface area contributed by atoms with Crippen molar-refractivity contribution in [2.45, 2.75) is 58.2 Å². The maximum Gasteiger partial charge on any atom is 0.128 e. The minimum atomic E-state index is -0.619. The van der Waals surface area contributed by atoms with Crippen molar-refractivity contribution in [2.24, 2.45) is 28.6 Å². The standard InChI is InChI=1S/C20H28O3/c1-12-10-23-18-13(12)4-6-15-14(18)5-7-16-19(15,2)9-8-17(22)20(16,3)11-21/h5,11,13,15-18,22H,1,4,6-10H2,2-3H3/t13-,15+,16-,17+,18+,19-,20+/m1/s1. The third-order valence-electron chi connectivity index (χ3n) is 7.70. The number of aliphatic hydroxyl groups excluding tert-OH is 1. The summed E-state index contributed by atoms with van der Waals surface area (Å²) in [6.07, 6.45) is 8.00. The summed E-state index contributed by atoms with van der Waals surface area (Å²) >= 11 is 0. The molecule has 0 aromatic carbocycles. The van der Waals surface area contributed by atoms with Gasteiger partial charge < -0.3 is 14.6 Å². The predicted octanol–water partition coefficient (Wildman–Crippen LogP) is 3.28. The highest BCUT2D eigenvalue weighted by molar-refractivity contribution is 5.61. The van der Waals surface area contributed by atoms with Crippen LogP contribution in [0, 0.1) is 28.6 Å². The Morgan fingerprint density at radius 3 is 2.87 bits per heavy atom. The van der Waals surface area contributed by atoms with Crippen molar-refractivity contribution in [1.82, 2.24) is 0 Å². The number of fused-ring (bicyclic) bond motifs is 5. The van der Waals surface area contributed by atoms with E-state index in [0.717, 1.165) is 38.4 Å². The van der Waals surface area contributed by atoms with Crippen molar-refractivity contribution in [2.75, 3.05) is 6.61 Å². The molecule has 126 valence electrons. The number of aldehydes is 1. The zero-order valence-electron chi connectivity index (χ0n) is 14.3. The second-order valence-corrected chi connectivity index (χ2v) is 8.66. The number of hydrogen-bond donors (Lipinski definition) is 1. The fraction of sp³-hybridized carbons (Fsp3) is 0.750. The molecule has 3 heteroatoms. The van der Waals surface area contributed by atoms with Crippen molar-refractivity contribution in [1.29, 1.82) is 0 Å².